The van der Waals surface area contributed by atoms with Gasteiger partial charge in [-0.2, -0.15) is 0 Å². The van der Waals surface area contributed by atoms with E-state index in [2.05, 4.69) is 12.1 Å². The second kappa shape index (κ2) is 8.71. The minimum atomic E-state index is -0.312. The molecular weight excluding hydrogens is 342 g/mol. The van der Waals surface area contributed by atoms with Crippen LogP contribution >= 0.6 is 0 Å². The molecule has 3 rings (SSSR count). The van der Waals surface area contributed by atoms with Crippen LogP contribution in [0, 0.1) is 5.92 Å². The number of carbonyl (C=O) groups is 2. The lowest BCUT2D eigenvalue weighted by Crippen LogP contribution is -2.31. The monoisotopic (exact) mass is 367 g/mol. The highest BCUT2D eigenvalue weighted by molar-refractivity contribution is 5.85. The molecule has 0 spiro atoms. The van der Waals surface area contributed by atoms with Gasteiger partial charge >= 0.3 is 5.97 Å². The van der Waals surface area contributed by atoms with E-state index in [0.29, 0.717) is 13.0 Å². The van der Waals surface area contributed by atoms with E-state index in [1.807, 2.05) is 36.4 Å². The molecular formula is C22H25NO4. The zero-order valence-corrected chi connectivity index (χ0v) is 15.8. The molecule has 1 atom stereocenters. The topological polar surface area (TPSA) is 55.8 Å². The van der Waals surface area contributed by atoms with Crippen molar-refractivity contribution in [3.05, 3.63) is 54.1 Å². The van der Waals surface area contributed by atoms with Gasteiger partial charge in [0, 0.05) is 13.6 Å². The summed E-state index contributed by atoms with van der Waals surface area (Å²) >= 11 is 0. The number of hydrogen-bond donors (Lipinski definition) is 0. The molecule has 5 nitrogen and oxygen atoms in total. The van der Waals surface area contributed by atoms with Gasteiger partial charge in [0.1, 0.15) is 5.75 Å². The van der Waals surface area contributed by atoms with Crippen LogP contribution in [0.4, 0.5) is 0 Å². The van der Waals surface area contributed by atoms with Crippen LogP contribution in [-0.2, 0) is 20.9 Å². The first-order valence-corrected chi connectivity index (χ1v) is 9.18. The summed E-state index contributed by atoms with van der Waals surface area (Å²) in [5, 5.41) is 2.17. The van der Waals surface area contributed by atoms with Crippen molar-refractivity contribution in [3.8, 4) is 5.75 Å². The van der Waals surface area contributed by atoms with Gasteiger partial charge in [0.15, 0.2) is 6.61 Å². The van der Waals surface area contributed by atoms with E-state index in [1.165, 1.54) is 0 Å². The van der Waals surface area contributed by atoms with Crippen LogP contribution < -0.4 is 4.74 Å². The summed E-state index contributed by atoms with van der Waals surface area (Å²) in [6.45, 7) is 0.250. The summed E-state index contributed by atoms with van der Waals surface area (Å²) in [7, 11) is 3.36. The van der Waals surface area contributed by atoms with E-state index >= 15 is 0 Å². The predicted octanol–water partition coefficient (Wildman–Crippen LogP) is 3.71. The molecule has 0 heterocycles. The average Bonchev–Trinajstić information content (AvgIpc) is 3.18. The van der Waals surface area contributed by atoms with Crippen LogP contribution in [0.25, 0.3) is 10.8 Å². The highest BCUT2D eigenvalue weighted by Crippen LogP contribution is 2.23. The van der Waals surface area contributed by atoms with Gasteiger partial charge in [-0.25, -0.2) is 0 Å². The normalized spacial score (nSPS) is 15.7. The SMILES string of the molecule is COc1ccc2cc(CN(C)C(=O)COC(=O)C[C@@H]3C=CCC3)ccc2c1. The molecule has 0 saturated heterocycles. The van der Waals surface area contributed by atoms with Crippen LogP contribution in [-0.4, -0.2) is 37.5 Å². The van der Waals surface area contributed by atoms with Crippen molar-refractivity contribution in [2.45, 2.75) is 25.8 Å². The first-order chi connectivity index (χ1) is 13.0. The first kappa shape index (κ1) is 19.0. The Hall–Kier alpha value is -2.82. The third-order valence-electron chi connectivity index (χ3n) is 4.86. The molecule has 5 heteroatoms. The van der Waals surface area contributed by atoms with Gasteiger partial charge < -0.3 is 14.4 Å². The number of carbonyl (C=O) groups excluding carboxylic acids is 2. The minimum absolute atomic E-state index is 0.208. The van der Waals surface area contributed by atoms with E-state index in [1.54, 1.807) is 19.1 Å². The highest BCUT2D eigenvalue weighted by Gasteiger charge is 2.17. The lowest BCUT2D eigenvalue weighted by Gasteiger charge is -2.18. The quantitative estimate of drug-likeness (QED) is 0.553. The Kier molecular flexibility index (Phi) is 6.12. The standard InChI is InChI=1S/C22H25NO4/c1-23(21(24)15-27-22(25)12-16-5-3-4-6-16)14-17-7-8-19-13-20(26-2)10-9-18(19)11-17/h3,5,7-11,13,16H,4,6,12,14-15H2,1-2H3/t16-/m1/s1. The number of nitrogens with zero attached hydrogens (tertiary/aromatic N) is 1. The Morgan fingerprint density at radius 1 is 1.15 bits per heavy atom. The maximum Gasteiger partial charge on any atom is 0.306 e. The number of allylic oxidation sites excluding steroid dienone is 2. The lowest BCUT2D eigenvalue weighted by atomic mass is 10.1. The summed E-state index contributed by atoms with van der Waals surface area (Å²) < 4.78 is 10.4. The van der Waals surface area contributed by atoms with Crippen molar-refractivity contribution in [2.24, 2.45) is 5.92 Å². The Morgan fingerprint density at radius 3 is 2.67 bits per heavy atom. The Bertz CT molecular complexity index is 859. The van der Waals surface area contributed by atoms with Crippen molar-refractivity contribution >= 4 is 22.6 Å². The molecule has 0 fully saturated rings. The second-order valence-electron chi connectivity index (χ2n) is 6.93. The largest absolute Gasteiger partial charge is 0.497 e. The molecule has 0 N–H and O–H groups in total. The molecule has 0 aromatic heterocycles. The Labute approximate surface area is 159 Å². The fraction of sp³-hybridized carbons (Fsp3) is 0.364. The van der Waals surface area contributed by atoms with Crippen LogP contribution in [0.5, 0.6) is 5.75 Å². The van der Waals surface area contributed by atoms with Gasteiger partial charge in [-0.3, -0.25) is 9.59 Å². The van der Waals surface area contributed by atoms with E-state index in [4.69, 9.17) is 9.47 Å². The van der Waals surface area contributed by atoms with Gasteiger partial charge in [-0.05, 0) is 53.3 Å². The van der Waals surface area contributed by atoms with Crippen LogP contribution in [0.1, 0.15) is 24.8 Å². The fourth-order valence-corrected chi connectivity index (χ4v) is 3.25. The van der Waals surface area contributed by atoms with Gasteiger partial charge in [-0.15, -0.1) is 0 Å². The summed E-state index contributed by atoms with van der Waals surface area (Å²) in [4.78, 5) is 25.7. The molecule has 0 bridgehead atoms. The Balaban J connectivity index is 1.52. The molecule has 0 radical (unpaired) electrons. The van der Waals surface area contributed by atoms with Crippen molar-refractivity contribution in [1.29, 1.82) is 0 Å². The fourth-order valence-electron chi connectivity index (χ4n) is 3.25. The van der Waals surface area contributed by atoms with Crippen LogP contribution in [0.15, 0.2) is 48.6 Å². The molecule has 142 valence electrons. The number of fused-ring (bicyclic) bond motifs is 1. The third-order valence-corrected chi connectivity index (χ3v) is 4.86. The van der Waals surface area contributed by atoms with Gasteiger partial charge in [0.25, 0.3) is 5.91 Å². The van der Waals surface area contributed by atoms with Crippen molar-refractivity contribution in [2.75, 3.05) is 20.8 Å². The summed E-state index contributed by atoms with van der Waals surface area (Å²) in [5.74, 6) is 0.548. The molecule has 0 saturated carbocycles. The third kappa shape index (κ3) is 5.09. The smallest absolute Gasteiger partial charge is 0.306 e. The molecule has 1 aliphatic carbocycles. The number of amides is 1. The molecule has 2 aromatic carbocycles. The highest BCUT2D eigenvalue weighted by atomic mass is 16.5. The number of methoxy groups -OCH3 is 1. The number of ether oxygens (including phenoxy) is 2. The summed E-state index contributed by atoms with van der Waals surface area (Å²) in [6.07, 6.45) is 6.47. The first-order valence-electron chi connectivity index (χ1n) is 9.18. The number of esters is 1. The van der Waals surface area contributed by atoms with Crippen LogP contribution in [0.2, 0.25) is 0 Å². The van der Waals surface area contributed by atoms with E-state index in [-0.39, 0.29) is 24.4 Å². The molecule has 0 unspecified atom stereocenters. The molecule has 27 heavy (non-hydrogen) atoms. The maximum atomic E-state index is 12.3. The number of rotatable bonds is 7. The molecule has 0 aliphatic heterocycles. The molecule has 2 aromatic rings. The van der Waals surface area contributed by atoms with E-state index in [0.717, 1.165) is 34.9 Å². The molecule has 1 amide bonds. The number of benzene rings is 2. The summed E-state index contributed by atoms with van der Waals surface area (Å²) in [6, 6.07) is 12.0. The van der Waals surface area contributed by atoms with E-state index < -0.39 is 0 Å². The Morgan fingerprint density at radius 2 is 1.93 bits per heavy atom. The molecule has 1 aliphatic rings. The van der Waals surface area contributed by atoms with E-state index in [9.17, 15) is 9.59 Å². The number of hydrogen-bond acceptors (Lipinski definition) is 4. The van der Waals surface area contributed by atoms with Gasteiger partial charge in [0.2, 0.25) is 0 Å². The zero-order valence-electron chi connectivity index (χ0n) is 15.8. The second-order valence-corrected chi connectivity index (χ2v) is 6.93. The summed E-state index contributed by atoms with van der Waals surface area (Å²) in [5.41, 5.74) is 1.02. The minimum Gasteiger partial charge on any atom is -0.497 e. The van der Waals surface area contributed by atoms with Crippen molar-refractivity contribution < 1.29 is 19.1 Å². The lowest BCUT2D eigenvalue weighted by molar-refractivity contribution is -0.152. The zero-order chi connectivity index (χ0) is 19.2. The van der Waals surface area contributed by atoms with Crippen molar-refractivity contribution in [1.82, 2.24) is 4.90 Å². The van der Waals surface area contributed by atoms with Crippen molar-refractivity contribution in [3.63, 3.8) is 0 Å². The van der Waals surface area contributed by atoms with Gasteiger partial charge in [-0.1, -0.05) is 30.4 Å². The number of likely N-dealkylation sites (N-methyl/N-ethyl adjacent to an activating group) is 1. The maximum absolute atomic E-state index is 12.3. The predicted molar refractivity (Wildman–Crippen MR) is 104 cm³/mol. The van der Waals surface area contributed by atoms with Gasteiger partial charge in [0.05, 0.1) is 13.5 Å². The average molecular weight is 367 g/mol. The van der Waals surface area contributed by atoms with Crippen LogP contribution in [0.3, 0.4) is 0 Å².